The van der Waals surface area contributed by atoms with Crippen molar-refractivity contribution in [2.45, 2.75) is 0 Å². The van der Waals surface area contributed by atoms with Crippen LogP contribution < -0.4 is 0 Å². The highest BCUT2D eigenvalue weighted by atomic mass is 35.6. The first kappa shape index (κ1) is 8.76. The van der Waals surface area contributed by atoms with E-state index >= 15 is 0 Å². The normalized spacial score (nSPS) is 7.33. The fourth-order valence-corrected chi connectivity index (χ4v) is 0.385. The van der Waals surface area contributed by atoms with Gasteiger partial charge in [-0.1, -0.05) is 36.4 Å². The molecule has 0 aliphatic heterocycles. The van der Waals surface area contributed by atoms with E-state index in [0.29, 0.717) is 0 Å². The third kappa shape index (κ3) is 7.76. The molecule has 0 atom stereocenters. The second-order valence-electron chi connectivity index (χ2n) is 1.21. The minimum absolute atomic E-state index is 2.00. The zero-order valence-electron chi connectivity index (χ0n) is 4.63. The van der Waals surface area contributed by atoms with Gasteiger partial charge in [-0.15, -0.1) is 0 Å². The molecule has 1 aromatic carbocycles. The molecule has 1 rings (SSSR count). The third-order valence-electron chi connectivity index (χ3n) is 0.667. The van der Waals surface area contributed by atoms with Gasteiger partial charge in [-0.3, -0.25) is 0 Å². The molecule has 0 bridgehead atoms. The molecule has 1 aromatic rings. The van der Waals surface area contributed by atoms with E-state index in [4.69, 9.17) is 0 Å². The average molecular weight is 165 g/mol. The van der Waals surface area contributed by atoms with Gasteiger partial charge in [0.2, 0.25) is 0 Å². The van der Waals surface area contributed by atoms with Crippen LogP contribution in [0, 0.1) is 0 Å². The van der Waals surface area contributed by atoms with Gasteiger partial charge in [-0.2, -0.15) is 3.84 Å². The molecule has 0 saturated carbocycles. The van der Waals surface area contributed by atoms with Crippen LogP contribution in [0.3, 0.4) is 0 Å². The van der Waals surface area contributed by atoms with E-state index in [1.807, 2.05) is 36.4 Å². The Morgan fingerprint density at radius 1 is 0.667 bits per heavy atom. The van der Waals surface area contributed by atoms with Crippen LogP contribution in [0.4, 0.5) is 0 Å². The molecule has 0 aliphatic carbocycles. The van der Waals surface area contributed by atoms with Crippen molar-refractivity contribution < 1.29 is 3.84 Å². The van der Waals surface area contributed by atoms with Gasteiger partial charge in [-0.05, 0) is 0 Å². The van der Waals surface area contributed by atoms with Crippen LogP contribution in [-0.4, -0.2) is 0 Å². The standard InChI is InChI=1S/C6H6.Cl2O/c1-2-4-6-5-3-1;1-3-2/h1-6H;. The minimum atomic E-state index is 2.00. The maximum Gasteiger partial charge on any atom is 0.0832 e. The molecule has 0 spiro atoms. The summed E-state index contributed by atoms with van der Waals surface area (Å²) in [5, 5.41) is 0. The van der Waals surface area contributed by atoms with E-state index in [9.17, 15) is 0 Å². The summed E-state index contributed by atoms with van der Waals surface area (Å²) in [5.41, 5.74) is 0. The van der Waals surface area contributed by atoms with Crippen LogP contribution in [0.25, 0.3) is 0 Å². The van der Waals surface area contributed by atoms with Crippen LogP contribution in [-0.2, 0) is 3.84 Å². The first-order valence-electron chi connectivity index (χ1n) is 2.31. The molecule has 0 aromatic heterocycles. The molecule has 1 nitrogen and oxygen atoms in total. The monoisotopic (exact) mass is 164 g/mol. The maximum absolute atomic E-state index is 4.26. The highest BCUT2D eigenvalue weighted by Gasteiger charge is 1.57. The molecule has 0 aliphatic rings. The summed E-state index contributed by atoms with van der Waals surface area (Å²) in [6.07, 6.45) is 0. The molecule has 0 fully saturated rings. The number of benzene rings is 1. The van der Waals surface area contributed by atoms with E-state index in [0.717, 1.165) is 0 Å². The van der Waals surface area contributed by atoms with E-state index in [2.05, 4.69) is 27.6 Å². The largest absolute Gasteiger partial charge is 0.166 e. The summed E-state index contributed by atoms with van der Waals surface area (Å²) in [4.78, 5) is 0. The van der Waals surface area contributed by atoms with Gasteiger partial charge >= 0.3 is 0 Å². The van der Waals surface area contributed by atoms with Crippen molar-refractivity contribution in [3.05, 3.63) is 36.4 Å². The molecular formula is C6H6Cl2O. The van der Waals surface area contributed by atoms with Crippen molar-refractivity contribution in [2.75, 3.05) is 0 Å². The highest BCUT2D eigenvalue weighted by molar-refractivity contribution is 6.24. The lowest BCUT2D eigenvalue weighted by molar-refractivity contribution is 0.697. The SMILES string of the molecule is ClOCl.c1ccccc1. The van der Waals surface area contributed by atoms with Gasteiger partial charge in [0.1, 0.15) is 0 Å². The van der Waals surface area contributed by atoms with Crippen molar-refractivity contribution in [2.24, 2.45) is 0 Å². The summed E-state index contributed by atoms with van der Waals surface area (Å²) in [6, 6.07) is 12.0. The van der Waals surface area contributed by atoms with Crippen LogP contribution >= 0.6 is 23.7 Å². The second kappa shape index (κ2) is 7.76. The Kier molecular flexibility index (Phi) is 7.55. The molecule has 9 heavy (non-hydrogen) atoms. The predicted molar refractivity (Wildman–Crippen MR) is 39.2 cm³/mol. The Morgan fingerprint density at radius 2 is 0.778 bits per heavy atom. The molecular weight excluding hydrogens is 159 g/mol. The number of rotatable bonds is 0. The molecule has 0 unspecified atom stereocenters. The maximum atomic E-state index is 4.26. The highest BCUT2D eigenvalue weighted by Crippen LogP contribution is 1.80. The van der Waals surface area contributed by atoms with Crippen molar-refractivity contribution in [3.63, 3.8) is 0 Å². The van der Waals surface area contributed by atoms with Gasteiger partial charge in [-0.25, -0.2) is 0 Å². The molecule has 50 valence electrons. The first-order valence-corrected chi connectivity index (χ1v) is 2.93. The first-order chi connectivity index (χ1) is 4.41. The quantitative estimate of drug-likeness (QED) is 0.574. The topological polar surface area (TPSA) is 9.23 Å². The second-order valence-corrected chi connectivity index (χ2v) is 1.68. The van der Waals surface area contributed by atoms with Crippen molar-refractivity contribution in [3.8, 4) is 0 Å². The Labute approximate surface area is 64.5 Å². The zero-order chi connectivity index (χ0) is 6.95. The van der Waals surface area contributed by atoms with Crippen molar-refractivity contribution in [1.29, 1.82) is 0 Å². The Morgan fingerprint density at radius 3 is 0.889 bits per heavy atom. The molecule has 0 radical (unpaired) electrons. The summed E-state index contributed by atoms with van der Waals surface area (Å²) in [5.74, 6) is 0. The summed E-state index contributed by atoms with van der Waals surface area (Å²) < 4.78 is 3.19. The van der Waals surface area contributed by atoms with Crippen LogP contribution in [0.1, 0.15) is 0 Å². The molecule has 3 heteroatoms. The lowest BCUT2D eigenvalue weighted by Gasteiger charge is -1.69. The molecule has 0 N–H and O–H groups in total. The number of hydrogen-bond donors (Lipinski definition) is 0. The molecule has 0 amide bonds. The third-order valence-corrected chi connectivity index (χ3v) is 0.667. The van der Waals surface area contributed by atoms with Crippen LogP contribution in [0.5, 0.6) is 0 Å². The lowest BCUT2D eigenvalue weighted by atomic mass is 10.4. The van der Waals surface area contributed by atoms with Gasteiger partial charge in [0.15, 0.2) is 0 Å². The van der Waals surface area contributed by atoms with E-state index in [1.165, 1.54) is 0 Å². The van der Waals surface area contributed by atoms with Gasteiger partial charge in [0, 0.05) is 0 Å². The van der Waals surface area contributed by atoms with Gasteiger partial charge in [0.05, 0.1) is 23.7 Å². The van der Waals surface area contributed by atoms with E-state index < -0.39 is 0 Å². The molecule has 0 heterocycles. The lowest BCUT2D eigenvalue weighted by Crippen LogP contribution is -1.47. The average Bonchev–Trinajstić information content (AvgIpc) is 1.93. The van der Waals surface area contributed by atoms with Crippen LogP contribution in [0.2, 0.25) is 0 Å². The minimum Gasteiger partial charge on any atom is -0.166 e. The van der Waals surface area contributed by atoms with Crippen LogP contribution in [0.15, 0.2) is 36.4 Å². The summed E-state index contributed by atoms with van der Waals surface area (Å²) >= 11 is 8.53. The zero-order valence-corrected chi connectivity index (χ0v) is 6.14. The van der Waals surface area contributed by atoms with E-state index in [1.54, 1.807) is 0 Å². The Balaban J connectivity index is 0.000000187. The number of halogens is 2. The Bertz CT molecular complexity index is 93.9. The van der Waals surface area contributed by atoms with Crippen molar-refractivity contribution >= 4 is 23.7 Å². The number of hydrogen-bond acceptors (Lipinski definition) is 1. The smallest absolute Gasteiger partial charge is 0.0832 e. The predicted octanol–water partition coefficient (Wildman–Crippen LogP) is 3.00. The van der Waals surface area contributed by atoms with E-state index in [-0.39, 0.29) is 0 Å². The summed E-state index contributed by atoms with van der Waals surface area (Å²) in [6.45, 7) is 0. The summed E-state index contributed by atoms with van der Waals surface area (Å²) in [7, 11) is 0. The fourth-order valence-electron chi connectivity index (χ4n) is 0.385. The van der Waals surface area contributed by atoms with Crippen molar-refractivity contribution in [1.82, 2.24) is 0 Å². The molecule has 0 saturated heterocycles. The van der Waals surface area contributed by atoms with Gasteiger partial charge < -0.3 is 0 Å². The van der Waals surface area contributed by atoms with Gasteiger partial charge in [0.25, 0.3) is 0 Å². The fraction of sp³-hybridized carbons (Fsp3) is 0. The Hall–Kier alpha value is -0.240.